The third-order valence-corrected chi connectivity index (χ3v) is 8.32. The number of halogens is 2. The molecule has 1 aliphatic heterocycles. The zero-order valence-electron chi connectivity index (χ0n) is 22.0. The first kappa shape index (κ1) is 27.0. The Morgan fingerprint density at radius 3 is 2.51 bits per heavy atom. The molecule has 0 radical (unpaired) electrons. The number of aryl methyl sites for hydroxylation is 1. The van der Waals surface area contributed by atoms with Gasteiger partial charge >= 0.3 is 0 Å². The van der Waals surface area contributed by atoms with Crippen LogP contribution in [0.5, 0.6) is 0 Å². The highest BCUT2D eigenvalue weighted by Gasteiger charge is 2.32. The van der Waals surface area contributed by atoms with E-state index in [1.807, 2.05) is 67.6 Å². The number of amides is 1. The number of anilines is 1. The third kappa shape index (κ3) is 5.32. The van der Waals surface area contributed by atoms with Gasteiger partial charge in [-0.15, -0.1) is 0 Å². The van der Waals surface area contributed by atoms with Crippen LogP contribution in [-0.2, 0) is 4.79 Å². The number of benzene rings is 3. The Bertz CT molecular complexity index is 2020. The van der Waals surface area contributed by atoms with Crippen LogP contribution >= 0.6 is 34.5 Å². The second-order valence-electron chi connectivity index (χ2n) is 9.61. The van der Waals surface area contributed by atoms with Crippen molar-refractivity contribution < 1.29 is 9.21 Å². The van der Waals surface area contributed by atoms with E-state index in [4.69, 9.17) is 32.6 Å². The van der Waals surface area contributed by atoms with E-state index in [1.165, 1.54) is 11.3 Å². The number of aromatic nitrogens is 1. The highest BCUT2D eigenvalue weighted by molar-refractivity contribution is 7.07. The molecule has 0 saturated heterocycles. The number of para-hydroxylation sites is 1. The summed E-state index contributed by atoms with van der Waals surface area (Å²) in [5.41, 5.74) is 3.84. The summed E-state index contributed by atoms with van der Waals surface area (Å²) in [6, 6.07) is 25.0. The fourth-order valence-electron chi connectivity index (χ4n) is 4.83. The lowest BCUT2D eigenvalue weighted by Gasteiger charge is -2.25. The molecular weight excluding hydrogens is 577 g/mol. The molecule has 2 aromatic heterocycles. The maximum atomic E-state index is 13.9. The molecule has 3 aromatic carbocycles. The molecular formula is C32H23Cl2N3O3S. The Kier molecular flexibility index (Phi) is 7.26. The van der Waals surface area contributed by atoms with Crippen molar-refractivity contribution in [1.29, 1.82) is 0 Å². The van der Waals surface area contributed by atoms with Gasteiger partial charge < -0.3 is 9.73 Å². The van der Waals surface area contributed by atoms with Crippen LogP contribution in [0.3, 0.4) is 0 Å². The van der Waals surface area contributed by atoms with Crippen molar-refractivity contribution in [2.45, 2.75) is 19.9 Å². The minimum Gasteiger partial charge on any atom is -0.457 e. The molecule has 1 unspecified atom stereocenters. The fraction of sp³-hybridized carbons (Fsp3) is 0.0938. The van der Waals surface area contributed by atoms with Crippen molar-refractivity contribution >= 4 is 52.2 Å². The van der Waals surface area contributed by atoms with E-state index in [9.17, 15) is 9.59 Å². The van der Waals surface area contributed by atoms with Crippen molar-refractivity contribution in [1.82, 2.24) is 4.57 Å². The summed E-state index contributed by atoms with van der Waals surface area (Å²) in [7, 11) is 0. The number of fused-ring (bicyclic) bond motifs is 1. The van der Waals surface area contributed by atoms with Crippen LogP contribution in [0.25, 0.3) is 17.4 Å². The molecule has 3 heterocycles. The normalized spacial score (nSPS) is 15.0. The zero-order valence-corrected chi connectivity index (χ0v) is 24.3. The summed E-state index contributed by atoms with van der Waals surface area (Å²) in [6.45, 7) is 3.71. The quantitative estimate of drug-likeness (QED) is 0.243. The SMILES string of the molecule is CC1=C(C(=O)Nc2ccccc2C)C(c2ccc(Cl)cc2)n2c(sc(=Cc3ccc(-c4cccc(Cl)c4)o3)c2=O)=N1. The summed E-state index contributed by atoms with van der Waals surface area (Å²) in [4.78, 5) is 32.9. The Hall–Kier alpha value is -4.17. The van der Waals surface area contributed by atoms with Crippen molar-refractivity contribution in [3.63, 3.8) is 0 Å². The molecule has 5 aromatic rings. The Morgan fingerprint density at radius 1 is 0.976 bits per heavy atom. The van der Waals surface area contributed by atoms with Gasteiger partial charge in [-0.1, -0.05) is 77.0 Å². The number of rotatable bonds is 5. The van der Waals surface area contributed by atoms with E-state index in [2.05, 4.69) is 5.32 Å². The number of nitrogens with zero attached hydrogens (tertiary/aromatic N) is 2. The molecule has 1 N–H and O–H groups in total. The van der Waals surface area contributed by atoms with E-state index in [-0.39, 0.29) is 11.5 Å². The van der Waals surface area contributed by atoms with Gasteiger partial charge in [-0.3, -0.25) is 14.2 Å². The monoisotopic (exact) mass is 599 g/mol. The Balaban J connectivity index is 1.45. The Morgan fingerprint density at radius 2 is 1.76 bits per heavy atom. The molecule has 6 rings (SSSR count). The van der Waals surface area contributed by atoms with E-state index < -0.39 is 6.04 Å². The van der Waals surface area contributed by atoms with Gasteiger partial charge in [-0.25, -0.2) is 4.99 Å². The molecule has 41 heavy (non-hydrogen) atoms. The minimum absolute atomic E-state index is 0.275. The second kappa shape index (κ2) is 11.0. The van der Waals surface area contributed by atoms with Gasteiger partial charge in [0.05, 0.1) is 21.8 Å². The number of carbonyl (C=O) groups excluding carboxylic acids is 1. The third-order valence-electron chi connectivity index (χ3n) is 6.85. The van der Waals surface area contributed by atoms with E-state index >= 15 is 0 Å². The van der Waals surface area contributed by atoms with Gasteiger partial charge in [0, 0.05) is 27.4 Å². The molecule has 0 fully saturated rings. The largest absolute Gasteiger partial charge is 0.457 e. The molecule has 1 aliphatic rings. The number of hydrogen-bond acceptors (Lipinski definition) is 5. The molecule has 1 amide bonds. The molecule has 0 bridgehead atoms. The highest BCUT2D eigenvalue weighted by Crippen LogP contribution is 2.32. The summed E-state index contributed by atoms with van der Waals surface area (Å²) in [5, 5.41) is 4.18. The maximum absolute atomic E-state index is 13.9. The minimum atomic E-state index is -0.701. The highest BCUT2D eigenvalue weighted by atomic mass is 35.5. The number of hydrogen-bond donors (Lipinski definition) is 1. The molecule has 1 atom stereocenters. The molecule has 6 nitrogen and oxygen atoms in total. The standard InChI is InChI=1S/C32H23Cl2N3O3S/c1-18-6-3-4-9-25(18)36-30(38)28-19(2)35-32-37(29(28)20-10-12-22(33)13-11-20)31(39)27(41-32)17-24-14-15-26(40-24)21-7-5-8-23(34)16-21/h3-17,29H,1-2H3,(H,36,38). The molecule has 0 saturated carbocycles. The van der Waals surface area contributed by atoms with Gasteiger partial charge in [-0.05, 0) is 67.4 Å². The Labute approximate surface area is 249 Å². The predicted octanol–water partition coefficient (Wildman–Crippen LogP) is 6.75. The maximum Gasteiger partial charge on any atom is 0.271 e. The van der Waals surface area contributed by atoms with E-state index in [0.29, 0.717) is 47.9 Å². The number of nitrogens with one attached hydrogen (secondary N) is 1. The van der Waals surface area contributed by atoms with Crippen molar-refractivity contribution in [2.75, 3.05) is 5.32 Å². The first-order chi connectivity index (χ1) is 19.8. The van der Waals surface area contributed by atoms with E-state index in [1.54, 1.807) is 41.8 Å². The van der Waals surface area contributed by atoms with Crippen LogP contribution in [0.15, 0.2) is 110 Å². The molecule has 0 spiro atoms. The summed E-state index contributed by atoms with van der Waals surface area (Å²) in [5.74, 6) is 0.824. The number of carbonyl (C=O) groups is 1. The number of thiazole rings is 1. The average molecular weight is 601 g/mol. The topological polar surface area (TPSA) is 76.6 Å². The van der Waals surface area contributed by atoms with E-state index in [0.717, 1.165) is 16.7 Å². The van der Waals surface area contributed by atoms with Crippen LogP contribution < -0.4 is 20.2 Å². The molecule has 204 valence electrons. The van der Waals surface area contributed by atoms with Crippen LogP contribution in [-0.4, -0.2) is 10.5 Å². The second-order valence-corrected chi connectivity index (χ2v) is 11.5. The van der Waals surface area contributed by atoms with Gasteiger partial charge in [0.25, 0.3) is 11.5 Å². The summed E-state index contributed by atoms with van der Waals surface area (Å²) >= 11 is 13.6. The first-order valence-corrected chi connectivity index (χ1v) is 14.4. The van der Waals surface area contributed by atoms with Crippen LogP contribution in [0.2, 0.25) is 10.0 Å². The predicted molar refractivity (Wildman–Crippen MR) is 164 cm³/mol. The lowest BCUT2D eigenvalue weighted by Crippen LogP contribution is -2.40. The van der Waals surface area contributed by atoms with Gasteiger partial charge in [0.15, 0.2) is 4.80 Å². The van der Waals surface area contributed by atoms with Crippen LogP contribution in [0.4, 0.5) is 5.69 Å². The average Bonchev–Trinajstić information content (AvgIpc) is 3.54. The van der Waals surface area contributed by atoms with Crippen molar-refractivity contribution in [2.24, 2.45) is 4.99 Å². The van der Waals surface area contributed by atoms with Crippen LogP contribution in [0, 0.1) is 6.92 Å². The summed E-state index contributed by atoms with van der Waals surface area (Å²) in [6.07, 6.45) is 1.70. The van der Waals surface area contributed by atoms with Crippen LogP contribution in [0.1, 0.15) is 29.9 Å². The molecule has 9 heteroatoms. The smallest absolute Gasteiger partial charge is 0.271 e. The summed E-state index contributed by atoms with van der Waals surface area (Å²) < 4.78 is 8.03. The lowest BCUT2D eigenvalue weighted by atomic mass is 9.95. The molecule has 0 aliphatic carbocycles. The fourth-order valence-corrected chi connectivity index (χ4v) is 6.17. The lowest BCUT2D eigenvalue weighted by molar-refractivity contribution is -0.113. The van der Waals surface area contributed by atoms with Gasteiger partial charge in [0.1, 0.15) is 11.5 Å². The number of furan rings is 1. The first-order valence-electron chi connectivity index (χ1n) is 12.8. The number of allylic oxidation sites excluding steroid dienone is 1. The van der Waals surface area contributed by atoms with Gasteiger partial charge in [-0.2, -0.15) is 0 Å². The van der Waals surface area contributed by atoms with Crippen molar-refractivity contribution in [3.8, 4) is 11.3 Å². The van der Waals surface area contributed by atoms with Crippen molar-refractivity contribution in [3.05, 3.63) is 143 Å². The van der Waals surface area contributed by atoms with Gasteiger partial charge in [0.2, 0.25) is 0 Å². The zero-order chi connectivity index (χ0) is 28.7.